The molecule has 1 aromatic rings. The van der Waals surface area contributed by atoms with Gasteiger partial charge in [-0.25, -0.2) is 4.39 Å². The van der Waals surface area contributed by atoms with E-state index in [1.54, 1.807) is 12.1 Å². The number of rotatable bonds is 4. The molecule has 0 radical (unpaired) electrons. The molecular weight excluding hydrogens is 309 g/mol. The zero-order valence-electron chi connectivity index (χ0n) is 11.3. The van der Waals surface area contributed by atoms with Crippen LogP contribution in [0.25, 0.3) is 0 Å². The highest BCUT2D eigenvalue weighted by Gasteiger charge is 2.40. The van der Waals surface area contributed by atoms with Crippen molar-refractivity contribution in [1.29, 1.82) is 0 Å². The van der Waals surface area contributed by atoms with Crippen molar-refractivity contribution < 1.29 is 9.13 Å². The summed E-state index contributed by atoms with van der Waals surface area (Å²) in [7, 11) is 0. The summed E-state index contributed by atoms with van der Waals surface area (Å²) in [5, 5.41) is 0. The van der Waals surface area contributed by atoms with Gasteiger partial charge in [0.25, 0.3) is 0 Å². The van der Waals surface area contributed by atoms with Gasteiger partial charge in [-0.3, -0.25) is 0 Å². The van der Waals surface area contributed by atoms with E-state index in [0.29, 0.717) is 16.6 Å². The Morgan fingerprint density at radius 1 is 1.37 bits per heavy atom. The molecule has 0 saturated heterocycles. The summed E-state index contributed by atoms with van der Waals surface area (Å²) in [6, 6.07) is 4.87. The summed E-state index contributed by atoms with van der Waals surface area (Å²) in [6.45, 7) is 2.59. The van der Waals surface area contributed by atoms with Crippen molar-refractivity contribution >= 4 is 15.9 Å². The van der Waals surface area contributed by atoms with Crippen LogP contribution in [0.15, 0.2) is 22.7 Å². The third kappa shape index (κ3) is 3.01. The van der Waals surface area contributed by atoms with Gasteiger partial charge in [0.05, 0.1) is 16.1 Å². The number of hydrogen-bond acceptors (Lipinski definition) is 2. The van der Waals surface area contributed by atoms with Crippen LogP contribution < -0.4 is 5.73 Å². The van der Waals surface area contributed by atoms with Crippen molar-refractivity contribution in [1.82, 2.24) is 0 Å². The second kappa shape index (κ2) is 6.33. The molecule has 2 nitrogen and oxygen atoms in total. The fraction of sp³-hybridized carbons (Fsp3) is 0.600. The first-order valence-corrected chi connectivity index (χ1v) is 7.73. The molecule has 0 heterocycles. The first-order chi connectivity index (χ1) is 9.10. The molecule has 0 aliphatic heterocycles. The number of halogens is 2. The van der Waals surface area contributed by atoms with E-state index in [2.05, 4.69) is 15.9 Å². The molecule has 0 amide bonds. The smallest absolute Gasteiger partial charge is 0.142 e. The maximum absolute atomic E-state index is 14.2. The van der Waals surface area contributed by atoms with E-state index in [0.717, 1.165) is 25.7 Å². The summed E-state index contributed by atoms with van der Waals surface area (Å²) in [4.78, 5) is 0. The Balaban J connectivity index is 2.33. The molecule has 106 valence electrons. The number of nitrogens with two attached hydrogens (primary N) is 1. The Bertz CT molecular complexity index is 427. The first-order valence-electron chi connectivity index (χ1n) is 6.94. The SMILES string of the molecule is CCOC1(C(N)c2cccc(Br)c2F)CCCCC1. The minimum atomic E-state index is -0.412. The summed E-state index contributed by atoms with van der Waals surface area (Å²) in [5.41, 5.74) is 6.51. The Morgan fingerprint density at radius 2 is 2.05 bits per heavy atom. The van der Waals surface area contributed by atoms with Crippen LogP contribution in [0, 0.1) is 5.82 Å². The van der Waals surface area contributed by atoms with E-state index in [1.165, 1.54) is 6.42 Å². The fourth-order valence-corrected chi connectivity index (χ4v) is 3.41. The summed E-state index contributed by atoms with van der Waals surface area (Å²) >= 11 is 3.22. The second-order valence-corrected chi connectivity index (χ2v) is 6.03. The van der Waals surface area contributed by atoms with Gasteiger partial charge in [-0.05, 0) is 41.8 Å². The minimum absolute atomic E-state index is 0.264. The number of benzene rings is 1. The molecule has 1 unspecified atom stereocenters. The molecule has 1 aliphatic rings. The molecule has 1 atom stereocenters. The van der Waals surface area contributed by atoms with Gasteiger partial charge in [0.1, 0.15) is 5.82 Å². The highest BCUT2D eigenvalue weighted by molar-refractivity contribution is 9.10. The van der Waals surface area contributed by atoms with Gasteiger partial charge in [-0.15, -0.1) is 0 Å². The van der Waals surface area contributed by atoms with E-state index < -0.39 is 11.6 Å². The average Bonchev–Trinajstić information content (AvgIpc) is 2.42. The molecule has 19 heavy (non-hydrogen) atoms. The molecule has 2 N–H and O–H groups in total. The zero-order valence-corrected chi connectivity index (χ0v) is 12.9. The molecule has 1 fully saturated rings. The standard InChI is InChI=1S/C15H21BrFNO/c1-2-19-15(9-4-3-5-10-15)14(18)11-7-6-8-12(16)13(11)17/h6-8,14H,2-5,9-10,18H2,1H3. The van der Waals surface area contributed by atoms with Crippen LogP contribution in [0.3, 0.4) is 0 Å². The monoisotopic (exact) mass is 329 g/mol. The van der Waals surface area contributed by atoms with Gasteiger partial charge in [0, 0.05) is 12.2 Å². The molecule has 1 aromatic carbocycles. The van der Waals surface area contributed by atoms with Crippen molar-refractivity contribution in [3.05, 3.63) is 34.1 Å². The number of hydrogen-bond donors (Lipinski definition) is 1. The van der Waals surface area contributed by atoms with Crippen LogP contribution >= 0.6 is 15.9 Å². The maximum atomic E-state index is 14.2. The zero-order chi connectivity index (χ0) is 13.9. The van der Waals surface area contributed by atoms with E-state index in [9.17, 15) is 4.39 Å². The van der Waals surface area contributed by atoms with Crippen molar-refractivity contribution in [3.63, 3.8) is 0 Å². The van der Waals surface area contributed by atoms with E-state index in [4.69, 9.17) is 10.5 Å². The quantitative estimate of drug-likeness (QED) is 0.892. The highest BCUT2D eigenvalue weighted by atomic mass is 79.9. The van der Waals surface area contributed by atoms with Crippen molar-refractivity contribution in [2.75, 3.05) is 6.61 Å². The van der Waals surface area contributed by atoms with E-state index >= 15 is 0 Å². The summed E-state index contributed by atoms with van der Waals surface area (Å²) < 4.78 is 20.7. The Morgan fingerprint density at radius 3 is 2.68 bits per heavy atom. The average molecular weight is 330 g/mol. The summed E-state index contributed by atoms with van der Waals surface area (Å²) in [6.07, 6.45) is 5.23. The van der Waals surface area contributed by atoms with Crippen LogP contribution in [-0.4, -0.2) is 12.2 Å². The van der Waals surface area contributed by atoms with Crippen molar-refractivity contribution in [2.45, 2.75) is 50.7 Å². The lowest BCUT2D eigenvalue weighted by Gasteiger charge is -2.42. The molecule has 1 saturated carbocycles. The second-order valence-electron chi connectivity index (χ2n) is 5.18. The predicted molar refractivity (Wildman–Crippen MR) is 78.5 cm³/mol. The van der Waals surface area contributed by atoms with Crippen molar-refractivity contribution in [2.24, 2.45) is 5.73 Å². The molecule has 0 aromatic heterocycles. The maximum Gasteiger partial charge on any atom is 0.142 e. The van der Waals surface area contributed by atoms with Crippen molar-refractivity contribution in [3.8, 4) is 0 Å². The van der Waals surface area contributed by atoms with Gasteiger partial charge in [0.15, 0.2) is 0 Å². The fourth-order valence-electron chi connectivity index (χ4n) is 3.03. The molecule has 0 bridgehead atoms. The Kier molecular flexibility index (Phi) is 4.98. The van der Waals surface area contributed by atoms with Gasteiger partial charge >= 0.3 is 0 Å². The Labute approximate surface area is 122 Å². The summed E-state index contributed by atoms with van der Waals surface area (Å²) in [5.74, 6) is -0.264. The highest BCUT2D eigenvalue weighted by Crippen LogP contribution is 2.41. The topological polar surface area (TPSA) is 35.2 Å². The lowest BCUT2D eigenvalue weighted by molar-refractivity contribution is -0.0836. The minimum Gasteiger partial charge on any atom is -0.373 e. The van der Waals surface area contributed by atoms with Crippen LogP contribution in [0.1, 0.15) is 50.6 Å². The van der Waals surface area contributed by atoms with Gasteiger partial charge < -0.3 is 10.5 Å². The normalized spacial score (nSPS) is 20.2. The molecule has 1 aliphatic carbocycles. The van der Waals surface area contributed by atoms with E-state index in [1.807, 2.05) is 13.0 Å². The van der Waals surface area contributed by atoms with Gasteiger partial charge in [-0.1, -0.05) is 31.4 Å². The molecular formula is C15H21BrFNO. The Hall–Kier alpha value is -0.450. The predicted octanol–water partition coefficient (Wildman–Crippen LogP) is 4.33. The molecule has 0 spiro atoms. The molecule has 2 rings (SSSR count). The van der Waals surface area contributed by atoms with Gasteiger partial charge in [-0.2, -0.15) is 0 Å². The van der Waals surface area contributed by atoms with Gasteiger partial charge in [0.2, 0.25) is 0 Å². The van der Waals surface area contributed by atoms with Crippen LogP contribution in [0.5, 0.6) is 0 Å². The third-order valence-corrected chi connectivity index (χ3v) is 4.63. The van der Waals surface area contributed by atoms with Crippen LogP contribution in [0.4, 0.5) is 4.39 Å². The lowest BCUT2D eigenvalue weighted by atomic mass is 9.77. The van der Waals surface area contributed by atoms with Crippen LogP contribution in [-0.2, 0) is 4.74 Å². The third-order valence-electron chi connectivity index (χ3n) is 4.02. The number of ether oxygens (including phenoxy) is 1. The first kappa shape index (κ1) is 14.9. The van der Waals surface area contributed by atoms with E-state index in [-0.39, 0.29) is 5.82 Å². The largest absolute Gasteiger partial charge is 0.373 e. The van der Waals surface area contributed by atoms with Crippen LogP contribution in [0.2, 0.25) is 0 Å². The molecule has 4 heteroatoms. The lowest BCUT2D eigenvalue weighted by Crippen LogP contribution is -2.45.